The molecule has 0 aliphatic heterocycles. The number of hydrogen-bond donors (Lipinski definition) is 1. The van der Waals surface area contributed by atoms with Crippen LogP contribution >= 0.6 is 0 Å². The standard InChI is InChI=1S/C30H33F3N6O/c1-30(2,3)26(38(15-13-23(34)17-31)29(40)21-10-7-14-35-18-21)28-36-27(24-16-22(32)11-12-25(24)33)37-39(28)19-20-8-5-4-6-9-20/h4-12,14,16,18,23,26H,13,15,17,19,34H2,1-3H3. The molecule has 7 nitrogen and oxygen atoms in total. The van der Waals surface area contributed by atoms with E-state index in [9.17, 15) is 18.0 Å². The van der Waals surface area contributed by atoms with Crippen molar-refractivity contribution in [2.75, 3.05) is 13.2 Å². The zero-order chi connectivity index (χ0) is 28.9. The number of pyridine rings is 1. The highest BCUT2D eigenvalue weighted by Crippen LogP contribution is 2.39. The first-order valence-corrected chi connectivity index (χ1v) is 13.0. The fourth-order valence-corrected chi connectivity index (χ4v) is 4.59. The predicted octanol–water partition coefficient (Wildman–Crippen LogP) is 5.58. The number of alkyl halides is 1. The number of carbonyl (C=O) groups excluding carboxylic acids is 1. The molecule has 0 saturated heterocycles. The van der Waals surface area contributed by atoms with Gasteiger partial charge in [0, 0.05) is 25.0 Å². The van der Waals surface area contributed by atoms with Crippen molar-refractivity contribution in [2.45, 2.75) is 45.8 Å². The molecule has 0 bridgehead atoms. The first kappa shape index (κ1) is 28.9. The molecule has 210 valence electrons. The molecule has 2 aromatic carbocycles. The van der Waals surface area contributed by atoms with Crippen molar-refractivity contribution in [1.82, 2.24) is 24.6 Å². The fourth-order valence-electron chi connectivity index (χ4n) is 4.59. The second-order valence-corrected chi connectivity index (χ2v) is 10.8. The van der Waals surface area contributed by atoms with Crippen LogP contribution in [0.4, 0.5) is 13.2 Å². The summed E-state index contributed by atoms with van der Waals surface area (Å²) in [6, 6.07) is 14.4. The lowest BCUT2D eigenvalue weighted by atomic mass is 9.84. The molecule has 2 aromatic heterocycles. The third-order valence-electron chi connectivity index (χ3n) is 6.53. The maximum absolute atomic E-state index is 14.8. The van der Waals surface area contributed by atoms with Crippen molar-refractivity contribution in [3.63, 3.8) is 0 Å². The van der Waals surface area contributed by atoms with Gasteiger partial charge in [0.25, 0.3) is 5.91 Å². The number of aromatic nitrogens is 4. The molecule has 0 spiro atoms. The van der Waals surface area contributed by atoms with Gasteiger partial charge in [0.05, 0.1) is 23.7 Å². The minimum absolute atomic E-state index is 0.00795. The van der Waals surface area contributed by atoms with Gasteiger partial charge < -0.3 is 10.6 Å². The third-order valence-corrected chi connectivity index (χ3v) is 6.53. The summed E-state index contributed by atoms with van der Waals surface area (Å²) in [6.45, 7) is 5.50. The Bertz CT molecular complexity index is 1420. The Labute approximate surface area is 231 Å². The van der Waals surface area contributed by atoms with Crippen LogP contribution in [-0.4, -0.2) is 49.8 Å². The van der Waals surface area contributed by atoms with E-state index < -0.39 is 35.8 Å². The number of nitrogens with two attached hydrogens (primary N) is 1. The van der Waals surface area contributed by atoms with Gasteiger partial charge in [-0.05, 0) is 47.7 Å². The summed E-state index contributed by atoms with van der Waals surface area (Å²) in [4.78, 5) is 24.3. The summed E-state index contributed by atoms with van der Waals surface area (Å²) in [5.41, 5.74) is 6.45. The fraction of sp³-hybridized carbons (Fsp3) is 0.333. The van der Waals surface area contributed by atoms with E-state index in [-0.39, 0.29) is 36.8 Å². The zero-order valence-corrected chi connectivity index (χ0v) is 22.8. The van der Waals surface area contributed by atoms with E-state index >= 15 is 0 Å². The van der Waals surface area contributed by atoms with Gasteiger partial charge in [0.15, 0.2) is 11.6 Å². The first-order valence-electron chi connectivity index (χ1n) is 13.0. The van der Waals surface area contributed by atoms with Crippen LogP contribution in [0.1, 0.15) is 55.0 Å². The minimum atomic E-state index is -0.760. The Hall–Kier alpha value is -4.05. The molecular weight excluding hydrogens is 517 g/mol. The highest BCUT2D eigenvalue weighted by molar-refractivity contribution is 5.94. The van der Waals surface area contributed by atoms with Crippen LogP contribution in [-0.2, 0) is 6.54 Å². The molecule has 2 heterocycles. The first-order chi connectivity index (χ1) is 19.1. The van der Waals surface area contributed by atoms with Gasteiger partial charge in [-0.3, -0.25) is 9.78 Å². The normalized spacial score (nSPS) is 13.2. The molecule has 1 amide bonds. The lowest BCUT2D eigenvalue weighted by Gasteiger charge is -2.40. The van der Waals surface area contributed by atoms with E-state index in [1.54, 1.807) is 27.9 Å². The lowest BCUT2D eigenvalue weighted by Crippen LogP contribution is -2.44. The van der Waals surface area contributed by atoms with E-state index in [1.807, 2.05) is 51.1 Å². The zero-order valence-electron chi connectivity index (χ0n) is 22.8. The van der Waals surface area contributed by atoms with Crippen LogP contribution in [0.3, 0.4) is 0 Å². The summed E-state index contributed by atoms with van der Waals surface area (Å²) in [5, 5.41) is 4.60. The van der Waals surface area contributed by atoms with Gasteiger partial charge in [0.1, 0.15) is 18.3 Å². The molecule has 0 saturated carbocycles. The molecule has 0 radical (unpaired) electrons. The summed E-state index contributed by atoms with van der Waals surface area (Å²) >= 11 is 0. The average molecular weight is 551 g/mol. The largest absolute Gasteiger partial charge is 0.328 e. The molecule has 10 heteroatoms. The van der Waals surface area contributed by atoms with Crippen molar-refractivity contribution in [1.29, 1.82) is 0 Å². The quantitative estimate of drug-likeness (QED) is 0.278. The van der Waals surface area contributed by atoms with E-state index in [0.717, 1.165) is 23.8 Å². The van der Waals surface area contributed by atoms with Crippen molar-refractivity contribution in [2.24, 2.45) is 11.1 Å². The van der Waals surface area contributed by atoms with E-state index in [4.69, 9.17) is 10.7 Å². The van der Waals surface area contributed by atoms with Crippen LogP contribution in [0.2, 0.25) is 0 Å². The number of nitrogens with zero attached hydrogens (tertiary/aromatic N) is 5. The highest BCUT2D eigenvalue weighted by Gasteiger charge is 2.39. The Morgan fingerprint density at radius 3 is 2.48 bits per heavy atom. The van der Waals surface area contributed by atoms with Crippen LogP contribution in [0, 0.1) is 17.0 Å². The van der Waals surface area contributed by atoms with Gasteiger partial charge in [-0.25, -0.2) is 22.8 Å². The third kappa shape index (κ3) is 6.74. The summed E-state index contributed by atoms with van der Waals surface area (Å²) in [5.74, 6) is -1.27. The van der Waals surface area contributed by atoms with Crippen LogP contribution < -0.4 is 5.73 Å². The molecule has 0 aliphatic rings. The van der Waals surface area contributed by atoms with Gasteiger partial charge >= 0.3 is 0 Å². The number of amides is 1. The molecule has 2 unspecified atom stereocenters. The Morgan fingerprint density at radius 2 is 1.82 bits per heavy atom. The number of halogens is 3. The summed E-state index contributed by atoms with van der Waals surface area (Å²) in [7, 11) is 0. The van der Waals surface area contributed by atoms with Crippen molar-refractivity contribution >= 4 is 5.91 Å². The second kappa shape index (κ2) is 12.4. The van der Waals surface area contributed by atoms with Crippen LogP contribution in [0.15, 0.2) is 73.1 Å². The number of carbonyl (C=O) groups is 1. The molecule has 4 aromatic rings. The molecule has 4 rings (SSSR count). The average Bonchev–Trinajstić information content (AvgIpc) is 3.34. The van der Waals surface area contributed by atoms with Gasteiger partial charge in [-0.15, -0.1) is 0 Å². The van der Waals surface area contributed by atoms with Gasteiger partial charge in [-0.1, -0.05) is 51.1 Å². The summed E-state index contributed by atoms with van der Waals surface area (Å²) < 4.78 is 43.9. The SMILES string of the molecule is CC(C)(C)C(c1nc(-c2cc(F)ccc2F)nn1Cc1ccccc1)N(CCC(N)CF)C(=O)c1cccnc1. The minimum Gasteiger partial charge on any atom is -0.328 e. The number of hydrogen-bond acceptors (Lipinski definition) is 5. The van der Waals surface area contributed by atoms with Crippen molar-refractivity contribution in [3.05, 3.63) is 102 Å². The smallest absolute Gasteiger partial charge is 0.256 e. The number of benzene rings is 2. The lowest BCUT2D eigenvalue weighted by molar-refractivity contribution is 0.0469. The van der Waals surface area contributed by atoms with Crippen LogP contribution in [0.5, 0.6) is 0 Å². The Morgan fingerprint density at radius 1 is 1.07 bits per heavy atom. The maximum atomic E-state index is 14.8. The van der Waals surface area contributed by atoms with Crippen LogP contribution in [0.25, 0.3) is 11.4 Å². The van der Waals surface area contributed by atoms with E-state index in [2.05, 4.69) is 10.1 Å². The van der Waals surface area contributed by atoms with Gasteiger partial charge in [0.2, 0.25) is 0 Å². The summed E-state index contributed by atoms with van der Waals surface area (Å²) in [6.07, 6.45) is 3.23. The topological polar surface area (TPSA) is 89.9 Å². The predicted molar refractivity (Wildman–Crippen MR) is 147 cm³/mol. The van der Waals surface area contributed by atoms with E-state index in [1.165, 1.54) is 6.20 Å². The molecule has 0 aliphatic carbocycles. The Balaban J connectivity index is 1.90. The monoisotopic (exact) mass is 550 g/mol. The highest BCUT2D eigenvalue weighted by atomic mass is 19.1. The second-order valence-electron chi connectivity index (χ2n) is 10.8. The van der Waals surface area contributed by atoms with Gasteiger partial charge in [-0.2, -0.15) is 5.10 Å². The molecular formula is C30H33F3N6O. The molecule has 0 fully saturated rings. The molecule has 40 heavy (non-hydrogen) atoms. The Kier molecular flexibility index (Phi) is 8.99. The molecule has 2 atom stereocenters. The van der Waals surface area contributed by atoms with Crippen molar-refractivity contribution in [3.8, 4) is 11.4 Å². The maximum Gasteiger partial charge on any atom is 0.256 e. The number of rotatable bonds is 10. The molecule has 2 N–H and O–H groups in total. The van der Waals surface area contributed by atoms with E-state index in [0.29, 0.717) is 11.4 Å². The van der Waals surface area contributed by atoms with Crippen molar-refractivity contribution < 1.29 is 18.0 Å².